The summed E-state index contributed by atoms with van der Waals surface area (Å²) in [5.41, 5.74) is 0.165. The van der Waals surface area contributed by atoms with Gasteiger partial charge in [-0.1, -0.05) is 20.8 Å². The number of likely N-dealkylation sites (tertiary alicyclic amines) is 1. The van der Waals surface area contributed by atoms with Gasteiger partial charge in [0.05, 0.1) is 12.7 Å². The second kappa shape index (κ2) is 7.39. The Morgan fingerprint density at radius 2 is 2.09 bits per heavy atom. The molecule has 0 aromatic heterocycles. The molecule has 1 aromatic rings. The molecule has 1 saturated heterocycles. The van der Waals surface area contributed by atoms with Gasteiger partial charge in [0.1, 0.15) is 11.6 Å². The Balaban J connectivity index is 1.89. The van der Waals surface area contributed by atoms with Crippen molar-refractivity contribution in [1.29, 1.82) is 0 Å². The normalized spacial score (nSPS) is 19.0. The maximum atomic E-state index is 13.6. The van der Waals surface area contributed by atoms with Gasteiger partial charge in [-0.3, -0.25) is 4.79 Å². The van der Waals surface area contributed by atoms with Crippen LogP contribution in [0.3, 0.4) is 0 Å². The van der Waals surface area contributed by atoms with E-state index in [4.69, 9.17) is 4.74 Å². The lowest BCUT2D eigenvalue weighted by Crippen LogP contribution is -2.44. The van der Waals surface area contributed by atoms with Gasteiger partial charge in [0.25, 0.3) is 0 Å². The first-order valence-electron chi connectivity index (χ1n) is 8.08. The second-order valence-corrected chi connectivity index (χ2v) is 7.39. The highest BCUT2D eigenvalue weighted by molar-refractivity contribution is 5.76. The lowest BCUT2D eigenvalue weighted by molar-refractivity contribution is -0.137. The largest absolute Gasteiger partial charge is 0.372 e. The zero-order valence-electron chi connectivity index (χ0n) is 14.1. The van der Waals surface area contributed by atoms with E-state index in [1.165, 1.54) is 0 Å². The maximum Gasteiger partial charge on any atom is 0.223 e. The second-order valence-electron chi connectivity index (χ2n) is 7.39. The van der Waals surface area contributed by atoms with E-state index < -0.39 is 11.6 Å². The number of hydrogen-bond donors (Lipinski definition) is 0. The number of hydrogen-bond acceptors (Lipinski definition) is 2. The number of nitrogens with zero attached hydrogens (tertiary/aromatic N) is 1. The Labute approximate surface area is 136 Å². The lowest BCUT2D eigenvalue weighted by Gasteiger charge is -2.34. The van der Waals surface area contributed by atoms with E-state index in [9.17, 15) is 13.6 Å². The van der Waals surface area contributed by atoms with Crippen LogP contribution >= 0.6 is 0 Å². The molecule has 0 saturated carbocycles. The standard InChI is InChI=1S/C18H25F2NO2/c1-18(2,3)10-17(22)21-8-4-5-15(11-21)23-12-13-9-14(19)6-7-16(13)20/h6-7,9,15H,4-5,8,10-12H2,1-3H3. The molecule has 1 aliphatic heterocycles. The number of piperidine rings is 1. The van der Waals surface area contributed by atoms with Gasteiger partial charge in [0, 0.05) is 25.1 Å². The van der Waals surface area contributed by atoms with Crippen molar-refractivity contribution < 1.29 is 18.3 Å². The third-order valence-electron chi connectivity index (χ3n) is 3.89. The first-order valence-corrected chi connectivity index (χ1v) is 8.08. The van der Waals surface area contributed by atoms with E-state index >= 15 is 0 Å². The van der Waals surface area contributed by atoms with E-state index in [1.54, 1.807) is 0 Å². The maximum absolute atomic E-state index is 13.6. The van der Waals surface area contributed by atoms with Crippen LogP contribution in [0.5, 0.6) is 0 Å². The Kier molecular flexibility index (Phi) is 5.74. The first kappa shape index (κ1) is 17.9. The number of carbonyl (C=O) groups is 1. The van der Waals surface area contributed by atoms with E-state index in [-0.39, 0.29) is 29.6 Å². The van der Waals surface area contributed by atoms with Crippen LogP contribution in [-0.2, 0) is 16.1 Å². The van der Waals surface area contributed by atoms with Crippen molar-refractivity contribution in [2.75, 3.05) is 13.1 Å². The van der Waals surface area contributed by atoms with Crippen molar-refractivity contribution in [1.82, 2.24) is 4.90 Å². The SMILES string of the molecule is CC(C)(C)CC(=O)N1CCCC(OCc2cc(F)ccc2F)C1. The molecule has 0 bridgehead atoms. The highest BCUT2D eigenvalue weighted by atomic mass is 19.1. The van der Waals surface area contributed by atoms with Crippen LogP contribution in [0.2, 0.25) is 0 Å². The minimum atomic E-state index is -0.476. The summed E-state index contributed by atoms with van der Waals surface area (Å²) in [6.07, 6.45) is 2.07. The van der Waals surface area contributed by atoms with Crippen LogP contribution in [0.1, 0.15) is 45.6 Å². The van der Waals surface area contributed by atoms with Gasteiger partial charge < -0.3 is 9.64 Å². The van der Waals surface area contributed by atoms with Crippen molar-refractivity contribution in [3.8, 4) is 0 Å². The average molecular weight is 325 g/mol. The van der Waals surface area contributed by atoms with Crippen molar-refractivity contribution in [2.24, 2.45) is 5.41 Å². The Morgan fingerprint density at radius 3 is 2.78 bits per heavy atom. The fraction of sp³-hybridized carbons (Fsp3) is 0.611. The molecule has 0 N–H and O–H groups in total. The smallest absolute Gasteiger partial charge is 0.223 e. The Morgan fingerprint density at radius 1 is 1.35 bits per heavy atom. The molecule has 0 radical (unpaired) electrons. The van der Waals surface area contributed by atoms with Crippen LogP contribution in [0.25, 0.3) is 0 Å². The number of ether oxygens (including phenoxy) is 1. The molecule has 1 atom stereocenters. The predicted molar refractivity (Wildman–Crippen MR) is 84.8 cm³/mol. The van der Waals surface area contributed by atoms with Crippen molar-refractivity contribution in [2.45, 2.75) is 52.7 Å². The molecule has 1 heterocycles. The van der Waals surface area contributed by atoms with Crippen LogP contribution in [0.15, 0.2) is 18.2 Å². The van der Waals surface area contributed by atoms with E-state index in [2.05, 4.69) is 0 Å². The third-order valence-corrected chi connectivity index (χ3v) is 3.89. The summed E-state index contributed by atoms with van der Waals surface area (Å²) < 4.78 is 32.5. The summed E-state index contributed by atoms with van der Waals surface area (Å²) in [4.78, 5) is 14.1. The number of amides is 1. The first-order chi connectivity index (χ1) is 10.7. The van der Waals surface area contributed by atoms with Crippen LogP contribution in [-0.4, -0.2) is 30.0 Å². The van der Waals surface area contributed by atoms with Gasteiger partial charge in [-0.2, -0.15) is 0 Å². The number of rotatable bonds is 4. The molecule has 3 nitrogen and oxygen atoms in total. The Bertz CT molecular complexity index is 554. The molecule has 1 aliphatic rings. The van der Waals surface area contributed by atoms with Crippen LogP contribution in [0, 0.1) is 17.0 Å². The van der Waals surface area contributed by atoms with Gasteiger partial charge >= 0.3 is 0 Å². The summed E-state index contributed by atoms with van der Waals surface area (Å²) in [5.74, 6) is -0.818. The summed E-state index contributed by atoms with van der Waals surface area (Å²) in [6, 6.07) is 3.35. The van der Waals surface area contributed by atoms with Crippen molar-refractivity contribution in [3.63, 3.8) is 0 Å². The zero-order valence-corrected chi connectivity index (χ0v) is 14.1. The topological polar surface area (TPSA) is 29.5 Å². The van der Waals surface area contributed by atoms with Gasteiger partial charge in [-0.15, -0.1) is 0 Å². The molecule has 1 amide bonds. The molecule has 1 aromatic carbocycles. The molecule has 1 unspecified atom stereocenters. The van der Waals surface area contributed by atoms with Gasteiger partial charge in [-0.25, -0.2) is 8.78 Å². The Hall–Kier alpha value is -1.49. The summed E-state index contributed by atoms with van der Waals surface area (Å²) in [5, 5.41) is 0. The van der Waals surface area contributed by atoms with E-state index in [1.807, 2.05) is 25.7 Å². The third kappa shape index (κ3) is 5.57. The quantitative estimate of drug-likeness (QED) is 0.840. The van der Waals surface area contributed by atoms with Crippen molar-refractivity contribution >= 4 is 5.91 Å². The van der Waals surface area contributed by atoms with Gasteiger partial charge in [-0.05, 0) is 36.5 Å². The number of carbonyl (C=O) groups excluding carboxylic acids is 1. The highest BCUT2D eigenvalue weighted by Gasteiger charge is 2.27. The summed E-state index contributed by atoms with van der Waals surface area (Å²) in [7, 11) is 0. The van der Waals surface area contributed by atoms with Crippen LogP contribution in [0.4, 0.5) is 8.78 Å². The average Bonchev–Trinajstić information content (AvgIpc) is 2.47. The number of halogens is 2. The fourth-order valence-corrected chi connectivity index (χ4v) is 2.73. The van der Waals surface area contributed by atoms with E-state index in [0.29, 0.717) is 13.0 Å². The molecule has 5 heteroatoms. The highest BCUT2D eigenvalue weighted by Crippen LogP contribution is 2.23. The molecule has 128 valence electrons. The fourth-order valence-electron chi connectivity index (χ4n) is 2.73. The van der Waals surface area contributed by atoms with Crippen molar-refractivity contribution in [3.05, 3.63) is 35.4 Å². The predicted octanol–water partition coefficient (Wildman–Crippen LogP) is 3.91. The summed E-state index contributed by atoms with van der Waals surface area (Å²) in [6.45, 7) is 7.39. The van der Waals surface area contributed by atoms with Gasteiger partial charge in [0.15, 0.2) is 0 Å². The molecule has 0 aliphatic carbocycles. The minimum absolute atomic E-state index is 0.0234. The number of benzene rings is 1. The van der Waals surface area contributed by atoms with Gasteiger partial charge in [0.2, 0.25) is 5.91 Å². The molecule has 0 spiro atoms. The van der Waals surface area contributed by atoms with Crippen LogP contribution < -0.4 is 0 Å². The monoisotopic (exact) mass is 325 g/mol. The zero-order chi connectivity index (χ0) is 17.0. The lowest BCUT2D eigenvalue weighted by atomic mass is 9.91. The molecular formula is C18H25F2NO2. The molecule has 1 fully saturated rings. The molecule has 23 heavy (non-hydrogen) atoms. The molecule has 2 rings (SSSR count). The minimum Gasteiger partial charge on any atom is -0.372 e. The van der Waals surface area contributed by atoms with E-state index in [0.717, 1.165) is 37.6 Å². The summed E-state index contributed by atoms with van der Waals surface area (Å²) >= 11 is 0. The molecular weight excluding hydrogens is 300 g/mol.